The molecule has 1 aliphatic carbocycles. The van der Waals surface area contributed by atoms with Crippen LogP contribution in [0.3, 0.4) is 0 Å². The first kappa shape index (κ1) is 16.3. The lowest BCUT2D eigenvalue weighted by Gasteiger charge is -2.28. The summed E-state index contributed by atoms with van der Waals surface area (Å²) in [6.07, 6.45) is 6.91. The van der Waals surface area contributed by atoms with E-state index in [9.17, 15) is 9.59 Å². The van der Waals surface area contributed by atoms with Gasteiger partial charge in [0.1, 0.15) is 0 Å². The first-order valence-corrected chi connectivity index (χ1v) is 7.80. The summed E-state index contributed by atoms with van der Waals surface area (Å²) in [5.74, 6) is -0.993. The van der Waals surface area contributed by atoms with Gasteiger partial charge in [0.05, 0.1) is 12.0 Å². The number of nitrogens with one attached hydrogen (secondary N) is 2. The van der Waals surface area contributed by atoms with Gasteiger partial charge in [0.2, 0.25) is 0 Å². The summed E-state index contributed by atoms with van der Waals surface area (Å²) < 4.78 is 0. The van der Waals surface area contributed by atoms with Crippen molar-refractivity contribution in [3.8, 4) is 0 Å². The van der Waals surface area contributed by atoms with E-state index in [-0.39, 0.29) is 24.0 Å². The molecule has 0 aliphatic heterocycles. The average molecular weight is 305 g/mol. The van der Waals surface area contributed by atoms with Gasteiger partial charge in [0, 0.05) is 18.4 Å². The second-order valence-electron chi connectivity index (χ2n) is 5.75. The van der Waals surface area contributed by atoms with E-state index in [0.29, 0.717) is 12.8 Å². The smallest absolute Gasteiger partial charge is 0.315 e. The standard InChI is InChI=1S/C16H23N3O3/c1-2-14(11-7-9-17-10-8-11)19-16(22)18-13-5-3-12(4-6-13)15(20)21/h7-10,12-14H,2-6H2,1H3,(H,20,21)(H2,18,19,22). The number of carboxylic acids is 1. The van der Waals surface area contributed by atoms with Crippen molar-refractivity contribution in [2.45, 2.75) is 51.1 Å². The van der Waals surface area contributed by atoms with Crippen LogP contribution in [0.15, 0.2) is 24.5 Å². The van der Waals surface area contributed by atoms with Gasteiger partial charge in [-0.3, -0.25) is 9.78 Å². The average Bonchev–Trinajstić information content (AvgIpc) is 2.54. The number of carboxylic acid groups (broad SMARTS) is 1. The first-order chi connectivity index (χ1) is 10.6. The molecule has 120 valence electrons. The van der Waals surface area contributed by atoms with Crippen LogP contribution in [-0.2, 0) is 4.79 Å². The van der Waals surface area contributed by atoms with E-state index in [1.54, 1.807) is 12.4 Å². The maximum absolute atomic E-state index is 12.1. The van der Waals surface area contributed by atoms with Crippen LogP contribution < -0.4 is 10.6 Å². The molecule has 22 heavy (non-hydrogen) atoms. The topological polar surface area (TPSA) is 91.3 Å². The Morgan fingerprint density at radius 1 is 1.27 bits per heavy atom. The van der Waals surface area contributed by atoms with Crippen molar-refractivity contribution in [2.24, 2.45) is 5.92 Å². The Morgan fingerprint density at radius 3 is 2.45 bits per heavy atom. The van der Waals surface area contributed by atoms with Crippen molar-refractivity contribution < 1.29 is 14.7 Å². The van der Waals surface area contributed by atoms with Gasteiger partial charge in [-0.25, -0.2) is 4.79 Å². The molecule has 0 bridgehead atoms. The number of nitrogens with zero attached hydrogens (tertiary/aromatic N) is 1. The number of aromatic nitrogens is 1. The number of amides is 2. The number of hydrogen-bond donors (Lipinski definition) is 3. The lowest BCUT2D eigenvalue weighted by atomic mass is 9.86. The molecule has 1 heterocycles. The molecule has 6 heteroatoms. The molecule has 0 radical (unpaired) electrons. The summed E-state index contributed by atoms with van der Waals surface area (Å²) in [7, 11) is 0. The van der Waals surface area contributed by atoms with Crippen LogP contribution in [0.1, 0.15) is 50.6 Å². The zero-order valence-corrected chi connectivity index (χ0v) is 12.8. The Hall–Kier alpha value is -2.11. The normalized spacial score (nSPS) is 22.6. The Balaban J connectivity index is 1.81. The highest BCUT2D eigenvalue weighted by Crippen LogP contribution is 2.24. The van der Waals surface area contributed by atoms with Crippen LogP contribution in [0.2, 0.25) is 0 Å². The fourth-order valence-electron chi connectivity index (χ4n) is 2.89. The van der Waals surface area contributed by atoms with E-state index in [2.05, 4.69) is 15.6 Å². The van der Waals surface area contributed by atoms with E-state index < -0.39 is 5.97 Å². The van der Waals surface area contributed by atoms with Crippen molar-refractivity contribution in [1.82, 2.24) is 15.6 Å². The lowest BCUT2D eigenvalue weighted by molar-refractivity contribution is -0.142. The number of hydrogen-bond acceptors (Lipinski definition) is 3. The van der Waals surface area contributed by atoms with Crippen LogP contribution in [0.4, 0.5) is 4.79 Å². The van der Waals surface area contributed by atoms with E-state index in [1.165, 1.54) is 0 Å². The number of pyridine rings is 1. The molecule has 1 fully saturated rings. The third-order valence-corrected chi connectivity index (χ3v) is 4.23. The van der Waals surface area contributed by atoms with E-state index in [0.717, 1.165) is 24.8 Å². The molecule has 2 amide bonds. The first-order valence-electron chi connectivity index (χ1n) is 7.80. The molecular weight excluding hydrogens is 282 g/mol. The van der Waals surface area contributed by atoms with Crippen LogP contribution in [-0.4, -0.2) is 28.1 Å². The van der Waals surface area contributed by atoms with Crippen molar-refractivity contribution in [3.05, 3.63) is 30.1 Å². The highest BCUT2D eigenvalue weighted by atomic mass is 16.4. The predicted octanol–water partition coefficient (Wildman–Crippen LogP) is 2.48. The molecule has 1 aromatic rings. The minimum Gasteiger partial charge on any atom is -0.481 e. The molecule has 0 aromatic carbocycles. The molecular formula is C16H23N3O3. The number of urea groups is 1. The summed E-state index contributed by atoms with van der Waals surface area (Å²) in [6.45, 7) is 2.02. The molecule has 1 saturated carbocycles. The second-order valence-corrected chi connectivity index (χ2v) is 5.75. The third kappa shape index (κ3) is 4.44. The van der Waals surface area contributed by atoms with Gasteiger partial charge in [0.25, 0.3) is 0 Å². The van der Waals surface area contributed by atoms with Gasteiger partial charge in [-0.15, -0.1) is 0 Å². The summed E-state index contributed by atoms with van der Waals surface area (Å²) in [6, 6.07) is 3.62. The molecule has 1 aromatic heterocycles. The quantitative estimate of drug-likeness (QED) is 0.779. The van der Waals surface area contributed by atoms with Gasteiger partial charge in [-0.2, -0.15) is 0 Å². The highest BCUT2D eigenvalue weighted by Gasteiger charge is 2.27. The fourth-order valence-corrected chi connectivity index (χ4v) is 2.89. The molecule has 6 nitrogen and oxygen atoms in total. The lowest BCUT2D eigenvalue weighted by Crippen LogP contribution is -2.45. The molecule has 3 N–H and O–H groups in total. The van der Waals surface area contributed by atoms with Crippen molar-refractivity contribution in [2.75, 3.05) is 0 Å². The number of rotatable bonds is 5. The zero-order chi connectivity index (χ0) is 15.9. The molecule has 1 unspecified atom stereocenters. The Labute approximate surface area is 130 Å². The zero-order valence-electron chi connectivity index (χ0n) is 12.8. The van der Waals surface area contributed by atoms with Crippen molar-refractivity contribution >= 4 is 12.0 Å². The maximum Gasteiger partial charge on any atom is 0.315 e. The highest BCUT2D eigenvalue weighted by molar-refractivity contribution is 5.75. The van der Waals surface area contributed by atoms with Gasteiger partial charge in [0.15, 0.2) is 0 Å². The largest absolute Gasteiger partial charge is 0.481 e. The predicted molar refractivity (Wildman–Crippen MR) is 82.3 cm³/mol. The second kappa shape index (κ2) is 7.77. The van der Waals surface area contributed by atoms with Crippen LogP contribution in [0.5, 0.6) is 0 Å². The van der Waals surface area contributed by atoms with Gasteiger partial charge in [-0.1, -0.05) is 6.92 Å². The third-order valence-electron chi connectivity index (χ3n) is 4.23. The Bertz CT molecular complexity index is 499. The molecule has 1 aliphatic rings. The van der Waals surface area contributed by atoms with E-state index in [4.69, 9.17) is 5.11 Å². The Morgan fingerprint density at radius 2 is 1.91 bits per heavy atom. The summed E-state index contributed by atoms with van der Waals surface area (Å²) >= 11 is 0. The summed E-state index contributed by atoms with van der Waals surface area (Å²) in [4.78, 5) is 27.0. The maximum atomic E-state index is 12.1. The minimum atomic E-state index is -0.730. The van der Waals surface area contributed by atoms with Crippen molar-refractivity contribution in [1.29, 1.82) is 0 Å². The number of aliphatic carboxylic acids is 1. The van der Waals surface area contributed by atoms with Crippen LogP contribution in [0, 0.1) is 5.92 Å². The van der Waals surface area contributed by atoms with Crippen molar-refractivity contribution in [3.63, 3.8) is 0 Å². The molecule has 1 atom stereocenters. The summed E-state index contributed by atoms with van der Waals surface area (Å²) in [5.41, 5.74) is 1.03. The molecule has 0 spiro atoms. The van der Waals surface area contributed by atoms with E-state index >= 15 is 0 Å². The molecule has 2 rings (SSSR count). The number of carbonyl (C=O) groups is 2. The van der Waals surface area contributed by atoms with Gasteiger partial charge in [-0.05, 0) is 49.8 Å². The monoisotopic (exact) mass is 305 g/mol. The van der Waals surface area contributed by atoms with Crippen LogP contribution in [0.25, 0.3) is 0 Å². The fraction of sp³-hybridized carbons (Fsp3) is 0.562. The molecule has 0 saturated heterocycles. The minimum absolute atomic E-state index is 0.0432. The SMILES string of the molecule is CCC(NC(=O)NC1CCC(C(=O)O)CC1)c1ccncc1. The number of carbonyl (C=O) groups excluding carboxylic acids is 1. The van der Waals surface area contributed by atoms with Crippen LogP contribution >= 0.6 is 0 Å². The van der Waals surface area contributed by atoms with E-state index in [1.807, 2.05) is 19.1 Å². The van der Waals surface area contributed by atoms with Gasteiger partial charge < -0.3 is 15.7 Å². The Kier molecular flexibility index (Phi) is 5.75. The summed E-state index contributed by atoms with van der Waals surface area (Å²) in [5, 5.41) is 14.9. The van der Waals surface area contributed by atoms with Gasteiger partial charge >= 0.3 is 12.0 Å².